The van der Waals surface area contributed by atoms with Crippen LogP contribution >= 0.6 is 11.7 Å². The van der Waals surface area contributed by atoms with Crippen molar-refractivity contribution in [2.45, 2.75) is 20.1 Å². The number of rotatable bonds is 7. The average molecular weight is 425 g/mol. The van der Waals surface area contributed by atoms with E-state index in [0.717, 1.165) is 49.9 Å². The molecule has 1 fully saturated rings. The molecule has 0 spiro atoms. The first kappa shape index (κ1) is 20.5. The highest BCUT2D eigenvalue weighted by Crippen LogP contribution is 2.18. The maximum absolute atomic E-state index is 12.6. The topological polar surface area (TPSA) is 76.6 Å². The van der Waals surface area contributed by atoms with Crippen molar-refractivity contribution in [1.29, 1.82) is 0 Å². The molecule has 1 saturated heterocycles. The largest absolute Gasteiger partial charge is 0.487 e. The Morgan fingerprint density at radius 3 is 2.70 bits per heavy atom. The van der Waals surface area contributed by atoms with Crippen LogP contribution in [0.15, 0.2) is 48.5 Å². The van der Waals surface area contributed by atoms with Gasteiger partial charge >= 0.3 is 0 Å². The van der Waals surface area contributed by atoms with Gasteiger partial charge in [0.05, 0.1) is 30.6 Å². The summed E-state index contributed by atoms with van der Waals surface area (Å²) in [5.74, 6) is 0.538. The molecule has 1 aliphatic heterocycles. The van der Waals surface area contributed by atoms with Crippen molar-refractivity contribution in [2.75, 3.05) is 31.6 Å². The van der Waals surface area contributed by atoms with E-state index in [1.54, 1.807) is 24.3 Å². The molecule has 156 valence electrons. The van der Waals surface area contributed by atoms with Crippen molar-refractivity contribution in [1.82, 2.24) is 13.6 Å². The van der Waals surface area contributed by atoms with E-state index in [1.165, 1.54) is 17.3 Å². The van der Waals surface area contributed by atoms with Gasteiger partial charge < -0.3 is 14.8 Å². The van der Waals surface area contributed by atoms with Crippen molar-refractivity contribution in [3.05, 3.63) is 71.0 Å². The van der Waals surface area contributed by atoms with Gasteiger partial charge in [-0.3, -0.25) is 9.69 Å². The first-order valence-electron chi connectivity index (χ1n) is 9.89. The normalized spacial score (nSPS) is 14.4. The van der Waals surface area contributed by atoms with Crippen LogP contribution in [-0.2, 0) is 17.9 Å². The smallest absolute Gasteiger partial charge is 0.255 e. The first-order chi connectivity index (χ1) is 14.7. The number of nitrogens with zero attached hydrogens (tertiary/aromatic N) is 3. The van der Waals surface area contributed by atoms with E-state index in [2.05, 4.69) is 25.0 Å². The number of ether oxygens (including phenoxy) is 2. The molecule has 0 unspecified atom stereocenters. The Hall–Kier alpha value is -2.81. The fourth-order valence-electron chi connectivity index (χ4n) is 3.20. The van der Waals surface area contributed by atoms with Gasteiger partial charge in [0.15, 0.2) is 0 Å². The monoisotopic (exact) mass is 424 g/mol. The maximum Gasteiger partial charge on any atom is 0.255 e. The predicted octanol–water partition coefficient (Wildman–Crippen LogP) is 3.51. The highest BCUT2D eigenvalue weighted by atomic mass is 32.1. The van der Waals surface area contributed by atoms with E-state index in [0.29, 0.717) is 17.9 Å². The standard InChI is InChI=1S/C22H24N4O3S/c1-16-21(25-30-24-16)15-29-20-7-5-18(6-8-20)22(27)23-19-4-2-3-17(13-19)14-26-9-11-28-12-10-26/h2-8,13H,9-12,14-15H2,1H3,(H,23,27). The molecule has 1 N–H and O–H groups in total. The highest BCUT2D eigenvalue weighted by molar-refractivity contribution is 6.99. The van der Waals surface area contributed by atoms with Gasteiger partial charge in [0.25, 0.3) is 5.91 Å². The minimum absolute atomic E-state index is 0.149. The number of amides is 1. The molecule has 0 radical (unpaired) electrons. The lowest BCUT2D eigenvalue weighted by atomic mass is 10.1. The average Bonchev–Trinajstić information content (AvgIpc) is 3.18. The molecule has 1 amide bonds. The third-order valence-corrected chi connectivity index (χ3v) is 5.59. The summed E-state index contributed by atoms with van der Waals surface area (Å²) in [6.45, 7) is 6.54. The lowest BCUT2D eigenvalue weighted by Crippen LogP contribution is -2.35. The number of hydrogen-bond donors (Lipinski definition) is 1. The predicted molar refractivity (Wildman–Crippen MR) is 116 cm³/mol. The summed E-state index contributed by atoms with van der Waals surface area (Å²) in [6.07, 6.45) is 0. The molecule has 1 aliphatic rings. The Morgan fingerprint density at radius 1 is 1.17 bits per heavy atom. The van der Waals surface area contributed by atoms with Gasteiger partial charge in [-0.25, -0.2) is 0 Å². The summed E-state index contributed by atoms with van der Waals surface area (Å²) >= 11 is 1.18. The Balaban J connectivity index is 1.33. The highest BCUT2D eigenvalue weighted by Gasteiger charge is 2.12. The zero-order chi connectivity index (χ0) is 20.8. The number of nitrogens with one attached hydrogen (secondary N) is 1. The molecule has 2 heterocycles. The van der Waals surface area contributed by atoms with Crippen LogP contribution in [0, 0.1) is 6.92 Å². The second kappa shape index (κ2) is 9.80. The third-order valence-electron chi connectivity index (χ3n) is 4.93. The fourth-order valence-corrected chi connectivity index (χ4v) is 3.75. The molecule has 3 aromatic rings. The summed E-state index contributed by atoms with van der Waals surface area (Å²) in [7, 11) is 0. The van der Waals surface area contributed by atoms with E-state index in [-0.39, 0.29) is 5.91 Å². The van der Waals surface area contributed by atoms with Crippen LogP contribution < -0.4 is 10.1 Å². The van der Waals surface area contributed by atoms with Crippen LogP contribution in [0.5, 0.6) is 5.75 Å². The van der Waals surface area contributed by atoms with E-state index < -0.39 is 0 Å². The summed E-state index contributed by atoms with van der Waals surface area (Å²) in [5, 5.41) is 2.98. The fraction of sp³-hybridized carbons (Fsp3) is 0.318. The molecular weight excluding hydrogens is 400 g/mol. The summed E-state index contributed by atoms with van der Waals surface area (Å²) in [4.78, 5) is 15.0. The zero-order valence-corrected chi connectivity index (χ0v) is 17.7. The van der Waals surface area contributed by atoms with Gasteiger partial charge in [-0.05, 0) is 48.9 Å². The molecular formula is C22H24N4O3S. The summed E-state index contributed by atoms with van der Waals surface area (Å²) in [5.41, 5.74) is 4.25. The molecule has 2 aromatic carbocycles. The van der Waals surface area contributed by atoms with E-state index in [9.17, 15) is 4.79 Å². The van der Waals surface area contributed by atoms with Gasteiger partial charge in [0.1, 0.15) is 18.1 Å². The van der Waals surface area contributed by atoms with Crippen LogP contribution in [-0.4, -0.2) is 45.9 Å². The number of benzene rings is 2. The molecule has 1 aromatic heterocycles. The lowest BCUT2D eigenvalue weighted by Gasteiger charge is -2.26. The molecule has 0 atom stereocenters. The zero-order valence-electron chi connectivity index (χ0n) is 16.8. The minimum Gasteiger partial charge on any atom is -0.487 e. The minimum atomic E-state index is -0.149. The van der Waals surface area contributed by atoms with Gasteiger partial charge in [0, 0.05) is 30.9 Å². The number of aryl methyl sites for hydroxylation is 1. The molecule has 0 saturated carbocycles. The van der Waals surface area contributed by atoms with Crippen LogP contribution in [0.2, 0.25) is 0 Å². The first-order valence-corrected chi connectivity index (χ1v) is 10.6. The maximum atomic E-state index is 12.6. The molecule has 0 aliphatic carbocycles. The quantitative estimate of drug-likeness (QED) is 0.626. The Bertz CT molecular complexity index is 984. The lowest BCUT2D eigenvalue weighted by molar-refractivity contribution is 0.0342. The second-order valence-corrected chi connectivity index (χ2v) is 7.68. The van der Waals surface area contributed by atoms with Crippen molar-refractivity contribution in [3.63, 3.8) is 0 Å². The second-order valence-electron chi connectivity index (χ2n) is 7.15. The number of hydrogen-bond acceptors (Lipinski definition) is 7. The molecule has 30 heavy (non-hydrogen) atoms. The van der Waals surface area contributed by atoms with E-state index in [4.69, 9.17) is 9.47 Å². The molecule has 8 heteroatoms. The van der Waals surface area contributed by atoms with Crippen LogP contribution in [0.3, 0.4) is 0 Å². The Morgan fingerprint density at radius 2 is 1.97 bits per heavy atom. The SMILES string of the molecule is Cc1nsnc1COc1ccc(C(=O)Nc2cccc(CN3CCOCC3)c2)cc1. The van der Waals surface area contributed by atoms with Crippen LogP contribution in [0.1, 0.15) is 27.3 Å². The molecule has 4 rings (SSSR count). The summed E-state index contributed by atoms with van der Waals surface area (Å²) in [6, 6.07) is 15.1. The Labute approximate surface area is 180 Å². The molecule has 0 bridgehead atoms. The van der Waals surface area contributed by atoms with Gasteiger partial charge in [-0.1, -0.05) is 12.1 Å². The van der Waals surface area contributed by atoms with Crippen LogP contribution in [0.25, 0.3) is 0 Å². The van der Waals surface area contributed by atoms with Crippen molar-refractivity contribution in [3.8, 4) is 5.75 Å². The number of carbonyl (C=O) groups excluding carboxylic acids is 1. The van der Waals surface area contributed by atoms with Crippen molar-refractivity contribution >= 4 is 23.3 Å². The van der Waals surface area contributed by atoms with E-state index >= 15 is 0 Å². The van der Waals surface area contributed by atoms with Crippen molar-refractivity contribution < 1.29 is 14.3 Å². The third kappa shape index (κ3) is 5.41. The van der Waals surface area contributed by atoms with Crippen LogP contribution in [0.4, 0.5) is 5.69 Å². The van der Waals surface area contributed by atoms with E-state index in [1.807, 2.05) is 25.1 Å². The number of morpholine rings is 1. The summed E-state index contributed by atoms with van der Waals surface area (Å²) < 4.78 is 19.5. The molecule has 7 nitrogen and oxygen atoms in total. The van der Waals surface area contributed by atoms with Gasteiger partial charge in [0.2, 0.25) is 0 Å². The number of anilines is 1. The van der Waals surface area contributed by atoms with Gasteiger partial charge in [-0.2, -0.15) is 8.75 Å². The number of aromatic nitrogens is 2. The van der Waals surface area contributed by atoms with Crippen molar-refractivity contribution in [2.24, 2.45) is 0 Å². The Kier molecular flexibility index (Phi) is 6.68. The van der Waals surface area contributed by atoms with Gasteiger partial charge in [-0.15, -0.1) is 0 Å². The number of carbonyl (C=O) groups is 1.